The highest BCUT2D eigenvalue weighted by Crippen LogP contribution is 2.42. The quantitative estimate of drug-likeness (QED) is 0.176. The maximum absolute atomic E-state index is 6.46. The Labute approximate surface area is 307 Å². The predicted molar refractivity (Wildman–Crippen MR) is 219 cm³/mol. The number of hydrogen-bond donors (Lipinski definition) is 0. The first-order chi connectivity index (χ1) is 26.3. The Bertz CT molecular complexity index is 2930. The van der Waals surface area contributed by atoms with Crippen LogP contribution in [-0.2, 0) is 0 Å². The van der Waals surface area contributed by atoms with Crippen LogP contribution >= 0.6 is 0 Å². The first kappa shape index (κ1) is 30.7. The second kappa shape index (κ2) is 12.9. The summed E-state index contributed by atoms with van der Waals surface area (Å²) in [5.41, 5.74) is 14.6. The first-order valence-corrected chi connectivity index (χ1v) is 17.9. The van der Waals surface area contributed by atoms with Crippen LogP contribution in [0.25, 0.3) is 100.0 Å². The number of benzene rings is 8. The van der Waals surface area contributed by atoms with Gasteiger partial charge in [-0.25, -0.2) is 9.97 Å². The summed E-state index contributed by atoms with van der Waals surface area (Å²) in [6.45, 7) is 0. The molecule has 0 spiro atoms. The van der Waals surface area contributed by atoms with E-state index in [0.717, 1.165) is 72.2 Å². The standard InChI is InChI=1S/C50H32N2O/c1-3-13-33(14-4-1)38-18-11-19-39(31-38)50-52-49-43(22-12-24-47(49)53-50)42-30-29-35-17-7-8-20-40(35)48(42)37-27-25-36(26-28-37)46-32-44(34-15-5-2-6-16-34)41-21-9-10-23-45(41)51-46/h1-32H. The molecular formula is C50H32N2O. The Hall–Kier alpha value is -7.10. The van der Waals surface area contributed by atoms with Gasteiger partial charge in [-0.3, -0.25) is 0 Å². The molecule has 8 aromatic carbocycles. The Kier molecular flexibility index (Phi) is 7.47. The summed E-state index contributed by atoms with van der Waals surface area (Å²) < 4.78 is 6.46. The third-order valence-corrected chi connectivity index (χ3v) is 10.1. The van der Waals surface area contributed by atoms with Crippen LogP contribution in [0.1, 0.15) is 0 Å². The van der Waals surface area contributed by atoms with Crippen LogP contribution in [0.2, 0.25) is 0 Å². The van der Waals surface area contributed by atoms with E-state index in [1.807, 2.05) is 12.1 Å². The summed E-state index contributed by atoms with van der Waals surface area (Å²) in [6, 6.07) is 68.0. The highest BCUT2D eigenvalue weighted by atomic mass is 16.3. The van der Waals surface area contributed by atoms with Gasteiger partial charge in [0.2, 0.25) is 5.89 Å². The zero-order valence-corrected chi connectivity index (χ0v) is 28.8. The summed E-state index contributed by atoms with van der Waals surface area (Å²) in [7, 11) is 0. The summed E-state index contributed by atoms with van der Waals surface area (Å²) in [6.07, 6.45) is 0. The average Bonchev–Trinajstić information content (AvgIpc) is 3.69. The topological polar surface area (TPSA) is 38.9 Å². The average molecular weight is 677 g/mol. The number of para-hydroxylation sites is 2. The number of oxazole rings is 1. The summed E-state index contributed by atoms with van der Waals surface area (Å²) in [5, 5.41) is 3.52. The van der Waals surface area contributed by atoms with Crippen molar-refractivity contribution >= 4 is 32.8 Å². The fourth-order valence-corrected chi connectivity index (χ4v) is 7.55. The molecule has 2 heterocycles. The molecule has 0 bridgehead atoms. The second-order valence-corrected chi connectivity index (χ2v) is 13.3. The van der Waals surface area contributed by atoms with Gasteiger partial charge in [-0.2, -0.15) is 0 Å². The largest absolute Gasteiger partial charge is 0.436 e. The molecule has 0 atom stereocenters. The maximum atomic E-state index is 6.46. The van der Waals surface area contributed by atoms with Crippen molar-refractivity contribution in [3.05, 3.63) is 194 Å². The van der Waals surface area contributed by atoms with E-state index in [1.54, 1.807) is 0 Å². The van der Waals surface area contributed by atoms with Crippen molar-refractivity contribution in [2.75, 3.05) is 0 Å². The smallest absolute Gasteiger partial charge is 0.227 e. The molecule has 0 radical (unpaired) electrons. The molecule has 3 heteroatoms. The zero-order valence-electron chi connectivity index (χ0n) is 28.8. The van der Waals surface area contributed by atoms with Gasteiger partial charge in [0.25, 0.3) is 0 Å². The Morgan fingerprint density at radius 1 is 0.358 bits per heavy atom. The first-order valence-electron chi connectivity index (χ1n) is 17.9. The molecule has 10 aromatic rings. The van der Waals surface area contributed by atoms with E-state index in [2.05, 4.69) is 182 Å². The highest BCUT2D eigenvalue weighted by molar-refractivity contribution is 6.08. The molecule has 0 aliphatic carbocycles. The minimum absolute atomic E-state index is 0.606. The van der Waals surface area contributed by atoms with Gasteiger partial charge in [0.05, 0.1) is 11.2 Å². The summed E-state index contributed by atoms with van der Waals surface area (Å²) >= 11 is 0. The van der Waals surface area contributed by atoms with Crippen molar-refractivity contribution in [1.82, 2.24) is 9.97 Å². The van der Waals surface area contributed by atoms with E-state index < -0.39 is 0 Å². The van der Waals surface area contributed by atoms with Crippen LogP contribution in [0.4, 0.5) is 0 Å². The third kappa shape index (κ3) is 5.56. The van der Waals surface area contributed by atoms with Gasteiger partial charge in [-0.1, -0.05) is 164 Å². The summed E-state index contributed by atoms with van der Waals surface area (Å²) in [4.78, 5) is 10.3. The van der Waals surface area contributed by atoms with Crippen molar-refractivity contribution in [3.8, 4) is 67.2 Å². The van der Waals surface area contributed by atoms with Gasteiger partial charge >= 0.3 is 0 Å². The molecular weight excluding hydrogens is 645 g/mol. The molecule has 248 valence electrons. The van der Waals surface area contributed by atoms with E-state index in [4.69, 9.17) is 14.4 Å². The molecule has 3 nitrogen and oxygen atoms in total. The Balaban J connectivity index is 1.09. The molecule has 0 aliphatic rings. The van der Waals surface area contributed by atoms with Gasteiger partial charge in [-0.05, 0) is 80.0 Å². The molecule has 53 heavy (non-hydrogen) atoms. The number of pyridine rings is 1. The molecule has 0 saturated carbocycles. The number of rotatable bonds is 6. The maximum Gasteiger partial charge on any atom is 0.227 e. The van der Waals surface area contributed by atoms with Crippen LogP contribution in [0, 0.1) is 0 Å². The van der Waals surface area contributed by atoms with Crippen molar-refractivity contribution in [3.63, 3.8) is 0 Å². The monoisotopic (exact) mass is 676 g/mol. The van der Waals surface area contributed by atoms with Gasteiger partial charge < -0.3 is 4.42 Å². The molecule has 0 aliphatic heterocycles. The number of fused-ring (bicyclic) bond motifs is 3. The van der Waals surface area contributed by atoms with Crippen molar-refractivity contribution < 1.29 is 4.42 Å². The van der Waals surface area contributed by atoms with E-state index in [9.17, 15) is 0 Å². The van der Waals surface area contributed by atoms with Gasteiger partial charge in [-0.15, -0.1) is 0 Å². The normalized spacial score (nSPS) is 11.4. The van der Waals surface area contributed by atoms with Gasteiger partial charge in [0.1, 0.15) is 5.52 Å². The molecule has 10 rings (SSSR count). The fourth-order valence-electron chi connectivity index (χ4n) is 7.55. The van der Waals surface area contributed by atoms with Crippen LogP contribution < -0.4 is 0 Å². The van der Waals surface area contributed by atoms with Crippen LogP contribution in [0.5, 0.6) is 0 Å². The van der Waals surface area contributed by atoms with E-state index >= 15 is 0 Å². The van der Waals surface area contributed by atoms with Crippen LogP contribution in [0.15, 0.2) is 199 Å². The lowest BCUT2D eigenvalue weighted by Crippen LogP contribution is -1.91. The van der Waals surface area contributed by atoms with E-state index in [0.29, 0.717) is 5.89 Å². The lowest BCUT2D eigenvalue weighted by molar-refractivity contribution is 0.620. The molecule has 2 aromatic heterocycles. The fraction of sp³-hybridized carbons (Fsp3) is 0. The van der Waals surface area contributed by atoms with Crippen molar-refractivity contribution in [1.29, 1.82) is 0 Å². The van der Waals surface area contributed by atoms with Crippen molar-refractivity contribution in [2.24, 2.45) is 0 Å². The number of aromatic nitrogens is 2. The van der Waals surface area contributed by atoms with Crippen LogP contribution in [0.3, 0.4) is 0 Å². The SMILES string of the molecule is c1ccc(-c2cccc(-c3nc4c(-c5ccc6ccccc6c5-c5ccc(-c6cc(-c7ccccc7)c7ccccc7n6)cc5)cccc4o3)c2)cc1. The van der Waals surface area contributed by atoms with Crippen LogP contribution in [-0.4, -0.2) is 9.97 Å². The minimum atomic E-state index is 0.606. The number of nitrogens with zero attached hydrogens (tertiary/aromatic N) is 2. The number of hydrogen-bond acceptors (Lipinski definition) is 3. The van der Waals surface area contributed by atoms with E-state index in [-0.39, 0.29) is 0 Å². The van der Waals surface area contributed by atoms with E-state index in [1.165, 1.54) is 21.9 Å². The molecule has 0 fully saturated rings. The second-order valence-electron chi connectivity index (χ2n) is 13.3. The van der Waals surface area contributed by atoms with Crippen molar-refractivity contribution in [2.45, 2.75) is 0 Å². The molecule has 0 unspecified atom stereocenters. The molecule has 0 amide bonds. The Morgan fingerprint density at radius 3 is 1.85 bits per heavy atom. The van der Waals surface area contributed by atoms with Gasteiger partial charge in [0.15, 0.2) is 5.58 Å². The van der Waals surface area contributed by atoms with Gasteiger partial charge in [0, 0.05) is 22.1 Å². The Morgan fingerprint density at radius 2 is 1.02 bits per heavy atom. The molecule has 0 N–H and O–H groups in total. The predicted octanol–water partition coefficient (Wildman–Crippen LogP) is 13.5. The third-order valence-electron chi connectivity index (χ3n) is 10.1. The highest BCUT2D eigenvalue weighted by Gasteiger charge is 2.19. The molecule has 0 saturated heterocycles. The zero-order chi connectivity index (χ0) is 35.1. The lowest BCUT2D eigenvalue weighted by Gasteiger charge is -2.15. The summed E-state index contributed by atoms with van der Waals surface area (Å²) in [5.74, 6) is 0.606. The minimum Gasteiger partial charge on any atom is -0.436 e. The lowest BCUT2D eigenvalue weighted by atomic mass is 9.89.